The first-order chi connectivity index (χ1) is 27.7. The number of aryl methyl sites for hydroxylation is 2. The van der Waals surface area contributed by atoms with E-state index in [1.165, 1.54) is 136 Å². The van der Waals surface area contributed by atoms with Crippen molar-refractivity contribution in [2.45, 2.75) is 134 Å². The molecule has 0 N–H and O–H groups in total. The van der Waals surface area contributed by atoms with Gasteiger partial charge < -0.3 is 4.74 Å². The van der Waals surface area contributed by atoms with E-state index in [2.05, 4.69) is 152 Å². The van der Waals surface area contributed by atoms with Crippen molar-refractivity contribution in [2.24, 2.45) is 4.99 Å². The summed E-state index contributed by atoms with van der Waals surface area (Å²) < 4.78 is 12.6. The molecule has 11 rings (SSSR count). The molecule has 3 unspecified atom stereocenters. The summed E-state index contributed by atoms with van der Waals surface area (Å²) in [5.41, 5.74) is 12.0. The molecule has 0 aromatic heterocycles. The molecule has 288 valence electrons. The summed E-state index contributed by atoms with van der Waals surface area (Å²) >= 11 is 0. The predicted octanol–water partition coefficient (Wildman–Crippen LogP) is 11.5. The SMILES string of the molecule is Cc1cc2ccc3c(c2cc1C)OC1N=C[N+]2=C(c4c(ccc5cc(C(C)(C)C)ccc45)C24N(C2CCCCC2)C=C(c2ccccc2)C=[N+]4C2CCCCC2)C31. The fourth-order valence-electron chi connectivity index (χ4n) is 11.4. The molecule has 4 aliphatic heterocycles. The number of benzene rings is 5. The average Bonchev–Trinajstić information content (AvgIpc) is 3.76. The highest BCUT2D eigenvalue weighted by Crippen LogP contribution is 2.54. The topological polar surface area (TPSA) is 30.9 Å². The van der Waals surface area contributed by atoms with Gasteiger partial charge in [-0.1, -0.05) is 119 Å². The van der Waals surface area contributed by atoms with Crippen LogP contribution in [0.2, 0.25) is 0 Å². The van der Waals surface area contributed by atoms with Crippen molar-refractivity contribution in [3.8, 4) is 5.75 Å². The van der Waals surface area contributed by atoms with Crippen molar-refractivity contribution in [1.82, 2.24) is 4.90 Å². The fraction of sp³-hybridized carbons (Fsp3) is 0.404. The van der Waals surface area contributed by atoms with Gasteiger partial charge in [-0.15, -0.1) is 4.58 Å². The van der Waals surface area contributed by atoms with Gasteiger partial charge in [-0.3, -0.25) is 4.90 Å². The van der Waals surface area contributed by atoms with Gasteiger partial charge in [0.2, 0.25) is 0 Å². The van der Waals surface area contributed by atoms with Crippen LogP contribution < -0.4 is 4.74 Å². The first kappa shape index (κ1) is 35.2. The quantitative estimate of drug-likeness (QED) is 0.172. The lowest BCUT2D eigenvalue weighted by Crippen LogP contribution is -2.65. The zero-order chi connectivity index (χ0) is 38.6. The van der Waals surface area contributed by atoms with Gasteiger partial charge in [0.25, 0.3) is 12.6 Å². The molecule has 2 saturated carbocycles. The first-order valence-electron chi connectivity index (χ1n) is 21.9. The molecule has 5 aromatic carbocycles. The third-order valence-electron chi connectivity index (χ3n) is 14.5. The second kappa shape index (κ2) is 13.0. The summed E-state index contributed by atoms with van der Waals surface area (Å²) in [6.07, 6.45) is 19.5. The van der Waals surface area contributed by atoms with Gasteiger partial charge in [0.05, 0.1) is 5.57 Å². The van der Waals surface area contributed by atoms with Crippen molar-refractivity contribution in [3.05, 3.63) is 130 Å². The van der Waals surface area contributed by atoms with Crippen LogP contribution in [-0.2, 0) is 11.2 Å². The Bertz CT molecular complexity index is 2590. The highest BCUT2D eigenvalue weighted by molar-refractivity contribution is 6.17. The third-order valence-corrected chi connectivity index (χ3v) is 14.5. The molecule has 3 atom stereocenters. The Balaban J connectivity index is 1.24. The van der Waals surface area contributed by atoms with E-state index >= 15 is 0 Å². The number of aliphatic imine (C=N–C) groups is 1. The van der Waals surface area contributed by atoms with Gasteiger partial charge >= 0.3 is 5.79 Å². The van der Waals surface area contributed by atoms with Crippen molar-refractivity contribution < 1.29 is 13.9 Å². The molecule has 57 heavy (non-hydrogen) atoms. The van der Waals surface area contributed by atoms with Crippen molar-refractivity contribution in [3.63, 3.8) is 0 Å². The Morgan fingerprint density at radius 2 is 1.47 bits per heavy atom. The molecule has 0 saturated heterocycles. The summed E-state index contributed by atoms with van der Waals surface area (Å²) in [6, 6.07) is 33.5. The number of fused-ring (bicyclic) bond motifs is 12. The highest BCUT2D eigenvalue weighted by Gasteiger charge is 2.69. The largest absolute Gasteiger partial charge is 0.446 e. The molecule has 5 aromatic rings. The fourth-order valence-corrected chi connectivity index (χ4v) is 11.4. The Hall–Kier alpha value is -5.03. The molecule has 1 spiro atoms. The standard InChI is InChI=1S/C52H56N4O/c1-33-27-36-21-24-43-47-48-46-42-25-23-39(51(3,4)5)29-37(42)22-26-45(46)52(56(48)32-53-50(47)57-49(43)44(36)28-34(33)2)54(40-17-11-7-12-18-40)30-38(35-15-9-6-10-16-35)31-55(52)41-19-13-8-14-20-41/h6,9-10,15-16,21-32,40-41,47,50H,7-8,11-14,17-20H2,1-5H3/q+2. The van der Waals surface area contributed by atoms with Gasteiger partial charge in [0, 0.05) is 41.6 Å². The van der Waals surface area contributed by atoms with E-state index < -0.39 is 5.79 Å². The van der Waals surface area contributed by atoms with Crippen LogP contribution in [0.25, 0.3) is 27.1 Å². The van der Waals surface area contributed by atoms with E-state index in [1.54, 1.807) is 0 Å². The summed E-state index contributed by atoms with van der Waals surface area (Å²) in [4.78, 5) is 8.31. The Morgan fingerprint density at radius 3 is 2.25 bits per heavy atom. The summed E-state index contributed by atoms with van der Waals surface area (Å²) in [7, 11) is 0. The van der Waals surface area contributed by atoms with Crippen LogP contribution in [0.1, 0.15) is 130 Å². The van der Waals surface area contributed by atoms with Crippen LogP contribution in [0, 0.1) is 13.8 Å². The average molecular weight is 753 g/mol. The molecule has 0 bridgehead atoms. The molecule has 2 fully saturated rings. The number of ether oxygens (including phenoxy) is 1. The van der Waals surface area contributed by atoms with Crippen molar-refractivity contribution >= 4 is 45.4 Å². The Kier molecular flexibility index (Phi) is 8.01. The van der Waals surface area contributed by atoms with Crippen LogP contribution in [0.3, 0.4) is 0 Å². The lowest BCUT2D eigenvalue weighted by molar-refractivity contribution is -0.840. The van der Waals surface area contributed by atoms with E-state index in [9.17, 15) is 0 Å². The number of hydrogen-bond acceptors (Lipinski definition) is 3. The minimum absolute atomic E-state index is 0.0389. The Labute approximate surface area is 338 Å². The van der Waals surface area contributed by atoms with Crippen LogP contribution in [0.4, 0.5) is 0 Å². The summed E-state index contributed by atoms with van der Waals surface area (Å²) in [6.45, 7) is 11.4. The lowest BCUT2D eigenvalue weighted by Gasteiger charge is -2.46. The van der Waals surface area contributed by atoms with Crippen molar-refractivity contribution in [2.75, 3.05) is 0 Å². The molecule has 0 amide bonds. The van der Waals surface area contributed by atoms with Crippen LogP contribution >= 0.6 is 0 Å². The van der Waals surface area contributed by atoms with Gasteiger partial charge in [0.1, 0.15) is 22.9 Å². The third kappa shape index (κ3) is 5.22. The second-order valence-electron chi connectivity index (χ2n) is 18.9. The monoisotopic (exact) mass is 752 g/mol. The van der Waals surface area contributed by atoms with E-state index in [1.807, 2.05) is 0 Å². The molecular formula is C52H56N4O+2. The highest BCUT2D eigenvalue weighted by atomic mass is 16.5. The van der Waals surface area contributed by atoms with E-state index in [0.717, 1.165) is 5.75 Å². The van der Waals surface area contributed by atoms with Gasteiger partial charge in [-0.25, -0.2) is 0 Å². The van der Waals surface area contributed by atoms with Crippen LogP contribution in [-0.4, -0.2) is 50.6 Å². The lowest BCUT2D eigenvalue weighted by atomic mass is 9.81. The van der Waals surface area contributed by atoms with Crippen LogP contribution in [0.5, 0.6) is 5.75 Å². The number of rotatable bonds is 3. The molecule has 0 radical (unpaired) electrons. The Morgan fingerprint density at radius 1 is 0.754 bits per heavy atom. The smallest absolute Gasteiger partial charge is 0.417 e. The summed E-state index contributed by atoms with van der Waals surface area (Å²) in [5, 5.41) is 5.07. The van der Waals surface area contributed by atoms with Crippen molar-refractivity contribution in [1.29, 1.82) is 0 Å². The van der Waals surface area contributed by atoms with Gasteiger partial charge in [-0.05, 0) is 100 Å². The minimum atomic E-state index is -0.606. The maximum atomic E-state index is 7.06. The zero-order valence-electron chi connectivity index (χ0n) is 34.4. The zero-order valence-corrected chi connectivity index (χ0v) is 34.4. The van der Waals surface area contributed by atoms with Gasteiger partial charge in [-0.2, -0.15) is 4.58 Å². The number of hydrogen-bond donors (Lipinski definition) is 0. The molecule has 6 aliphatic rings. The van der Waals surface area contributed by atoms with Crippen LogP contribution in [0.15, 0.2) is 96.1 Å². The second-order valence-corrected chi connectivity index (χ2v) is 18.9. The molecular weight excluding hydrogens is 697 g/mol. The molecule has 2 aliphatic carbocycles. The molecule has 5 nitrogen and oxygen atoms in total. The van der Waals surface area contributed by atoms with E-state index in [0.29, 0.717) is 12.1 Å². The summed E-state index contributed by atoms with van der Waals surface area (Å²) in [5.74, 6) is 0.360. The first-order valence-corrected chi connectivity index (χ1v) is 21.9. The minimum Gasteiger partial charge on any atom is -0.446 e. The molecule has 4 heterocycles. The van der Waals surface area contributed by atoms with E-state index in [4.69, 9.17) is 9.73 Å². The maximum absolute atomic E-state index is 7.06. The maximum Gasteiger partial charge on any atom is 0.417 e. The molecule has 5 heteroatoms. The number of nitrogens with zero attached hydrogens (tertiary/aromatic N) is 4. The number of allylic oxidation sites excluding steroid dienone is 1. The normalized spacial score (nSPS) is 24.7. The van der Waals surface area contributed by atoms with Gasteiger partial charge in [0.15, 0.2) is 12.3 Å². The predicted molar refractivity (Wildman–Crippen MR) is 234 cm³/mol. The van der Waals surface area contributed by atoms with E-state index in [-0.39, 0.29) is 17.6 Å².